The number of nitrogens with zero attached hydrogens (tertiary/aromatic N) is 1. The standard InChI is InChI=1S/C21H18N2O3/c24-20(17-13-14-22-18-11-5-4-10-16(17)18)23-19(21(25)26)12-6-9-15-7-2-1-3-8-15/h1-11,13-14,19H,12H2,(H,23,24)(H,25,26)/b9-6+/t19-/m1/s1. The summed E-state index contributed by atoms with van der Waals surface area (Å²) >= 11 is 0. The van der Waals surface area contributed by atoms with E-state index in [0.29, 0.717) is 16.5 Å². The minimum Gasteiger partial charge on any atom is -0.480 e. The molecule has 0 bridgehead atoms. The van der Waals surface area contributed by atoms with Crippen molar-refractivity contribution in [2.45, 2.75) is 12.5 Å². The van der Waals surface area contributed by atoms with Crippen LogP contribution in [0.5, 0.6) is 0 Å². The van der Waals surface area contributed by atoms with E-state index in [1.54, 1.807) is 24.4 Å². The Morgan fingerprint density at radius 3 is 2.54 bits per heavy atom. The first-order valence-electron chi connectivity index (χ1n) is 8.24. The van der Waals surface area contributed by atoms with Gasteiger partial charge in [-0.25, -0.2) is 4.79 Å². The topological polar surface area (TPSA) is 79.3 Å². The van der Waals surface area contributed by atoms with Crippen molar-refractivity contribution in [1.29, 1.82) is 0 Å². The van der Waals surface area contributed by atoms with E-state index in [-0.39, 0.29) is 6.42 Å². The first kappa shape index (κ1) is 17.4. The number of aromatic nitrogens is 1. The molecular formula is C21H18N2O3. The van der Waals surface area contributed by atoms with Crippen molar-refractivity contribution in [2.75, 3.05) is 0 Å². The highest BCUT2D eigenvalue weighted by Crippen LogP contribution is 2.16. The molecule has 0 saturated heterocycles. The highest BCUT2D eigenvalue weighted by molar-refractivity contribution is 6.06. The fourth-order valence-electron chi connectivity index (χ4n) is 2.66. The molecule has 0 aliphatic rings. The lowest BCUT2D eigenvalue weighted by Gasteiger charge is -2.13. The maximum absolute atomic E-state index is 12.6. The molecular weight excluding hydrogens is 328 g/mol. The van der Waals surface area contributed by atoms with E-state index in [0.717, 1.165) is 5.56 Å². The van der Waals surface area contributed by atoms with Crippen molar-refractivity contribution in [3.63, 3.8) is 0 Å². The Bertz CT molecular complexity index is 946. The molecule has 0 aliphatic heterocycles. The summed E-state index contributed by atoms with van der Waals surface area (Å²) in [7, 11) is 0. The molecule has 3 aromatic rings. The molecule has 2 aromatic carbocycles. The molecule has 5 nitrogen and oxygen atoms in total. The molecule has 0 fully saturated rings. The first-order chi connectivity index (χ1) is 12.6. The van der Waals surface area contributed by atoms with E-state index in [1.165, 1.54) is 0 Å². The van der Waals surface area contributed by atoms with E-state index in [9.17, 15) is 14.7 Å². The third kappa shape index (κ3) is 4.13. The number of rotatable bonds is 6. The van der Waals surface area contributed by atoms with Gasteiger partial charge < -0.3 is 10.4 Å². The van der Waals surface area contributed by atoms with Gasteiger partial charge in [-0.2, -0.15) is 0 Å². The lowest BCUT2D eigenvalue weighted by atomic mass is 10.1. The molecule has 0 spiro atoms. The highest BCUT2D eigenvalue weighted by Gasteiger charge is 2.20. The molecule has 0 saturated carbocycles. The quantitative estimate of drug-likeness (QED) is 0.716. The van der Waals surface area contributed by atoms with E-state index in [2.05, 4.69) is 10.3 Å². The molecule has 5 heteroatoms. The summed E-state index contributed by atoms with van der Waals surface area (Å²) in [6.07, 6.45) is 5.32. The Labute approximate surface area is 151 Å². The van der Waals surface area contributed by atoms with Crippen LogP contribution in [-0.2, 0) is 4.79 Å². The maximum atomic E-state index is 12.6. The molecule has 0 radical (unpaired) electrons. The normalized spacial score (nSPS) is 12.2. The van der Waals surface area contributed by atoms with Gasteiger partial charge in [0.05, 0.1) is 11.1 Å². The lowest BCUT2D eigenvalue weighted by Crippen LogP contribution is -2.40. The number of amides is 1. The molecule has 26 heavy (non-hydrogen) atoms. The number of carboxylic acids is 1. The van der Waals surface area contributed by atoms with Crippen molar-refractivity contribution in [1.82, 2.24) is 10.3 Å². The van der Waals surface area contributed by atoms with Crippen LogP contribution >= 0.6 is 0 Å². The number of benzene rings is 2. The van der Waals surface area contributed by atoms with Crippen molar-refractivity contribution < 1.29 is 14.7 Å². The van der Waals surface area contributed by atoms with Crippen LogP contribution in [-0.4, -0.2) is 28.0 Å². The van der Waals surface area contributed by atoms with Gasteiger partial charge in [0.1, 0.15) is 6.04 Å². The minimum absolute atomic E-state index is 0.193. The maximum Gasteiger partial charge on any atom is 0.326 e. The molecule has 1 atom stereocenters. The summed E-state index contributed by atoms with van der Waals surface area (Å²) in [6, 6.07) is 17.4. The summed E-state index contributed by atoms with van der Waals surface area (Å²) in [5, 5.41) is 12.7. The van der Waals surface area contributed by atoms with Crippen molar-refractivity contribution in [2.24, 2.45) is 0 Å². The summed E-state index contributed by atoms with van der Waals surface area (Å²) < 4.78 is 0. The Morgan fingerprint density at radius 1 is 1.04 bits per heavy atom. The van der Waals surface area contributed by atoms with Crippen molar-refractivity contribution in [3.8, 4) is 0 Å². The van der Waals surface area contributed by atoms with Crippen LogP contribution in [0.4, 0.5) is 0 Å². The SMILES string of the molecule is O=C(N[C@H](C/C=C/c1ccccc1)C(=O)O)c1ccnc2ccccc12. The number of pyridine rings is 1. The van der Waals surface area contributed by atoms with Gasteiger partial charge in [-0.3, -0.25) is 9.78 Å². The number of carboxylic acid groups (broad SMARTS) is 1. The summed E-state index contributed by atoms with van der Waals surface area (Å²) in [5.74, 6) is -1.50. The van der Waals surface area contributed by atoms with E-state index < -0.39 is 17.9 Å². The van der Waals surface area contributed by atoms with E-state index >= 15 is 0 Å². The number of fused-ring (bicyclic) bond motifs is 1. The smallest absolute Gasteiger partial charge is 0.326 e. The van der Waals surface area contributed by atoms with Crippen LogP contribution in [0.25, 0.3) is 17.0 Å². The molecule has 1 amide bonds. The van der Waals surface area contributed by atoms with Gasteiger partial charge in [-0.1, -0.05) is 60.7 Å². The molecule has 2 N–H and O–H groups in total. The number of aliphatic carboxylic acids is 1. The minimum atomic E-state index is -1.07. The second-order valence-electron chi connectivity index (χ2n) is 5.79. The molecule has 1 aromatic heterocycles. The predicted octanol–water partition coefficient (Wildman–Crippen LogP) is 3.52. The number of hydrogen-bond donors (Lipinski definition) is 2. The molecule has 3 rings (SSSR count). The van der Waals surface area contributed by atoms with Gasteiger partial charge in [0.15, 0.2) is 0 Å². The summed E-state index contributed by atoms with van der Waals surface area (Å²) in [4.78, 5) is 28.3. The predicted molar refractivity (Wildman–Crippen MR) is 101 cm³/mol. The number of para-hydroxylation sites is 1. The Morgan fingerprint density at radius 2 is 1.77 bits per heavy atom. The van der Waals surface area contributed by atoms with Gasteiger partial charge in [-0.15, -0.1) is 0 Å². The third-order valence-corrected chi connectivity index (χ3v) is 3.98. The van der Waals surface area contributed by atoms with Crippen LogP contribution in [0.2, 0.25) is 0 Å². The fourth-order valence-corrected chi connectivity index (χ4v) is 2.66. The van der Waals surface area contributed by atoms with E-state index in [4.69, 9.17) is 0 Å². The lowest BCUT2D eigenvalue weighted by molar-refractivity contribution is -0.139. The first-order valence-corrected chi connectivity index (χ1v) is 8.24. The Balaban J connectivity index is 1.74. The number of carbonyl (C=O) groups excluding carboxylic acids is 1. The van der Waals surface area contributed by atoms with Crippen LogP contribution in [0.15, 0.2) is 72.9 Å². The van der Waals surface area contributed by atoms with Crippen LogP contribution < -0.4 is 5.32 Å². The van der Waals surface area contributed by atoms with Gasteiger partial charge in [0.25, 0.3) is 5.91 Å². The van der Waals surface area contributed by atoms with Gasteiger partial charge in [0.2, 0.25) is 0 Å². The monoisotopic (exact) mass is 346 g/mol. The molecule has 0 aliphatic carbocycles. The zero-order valence-corrected chi connectivity index (χ0v) is 14.0. The third-order valence-electron chi connectivity index (χ3n) is 3.98. The zero-order chi connectivity index (χ0) is 18.4. The van der Waals surface area contributed by atoms with Gasteiger partial charge in [-0.05, 0) is 24.1 Å². The molecule has 1 heterocycles. The second-order valence-corrected chi connectivity index (χ2v) is 5.79. The number of carbonyl (C=O) groups is 2. The number of nitrogens with one attached hydrogen (secondary N) is 1. The van der Waals surface area contributed by atoms with E-state index in [1.807, 2.05) is 54.6 Å². The zero-order valence-electron chi connectivity index (χ0n) is 14.0. The highest BCUT2D eigenvalue weighted by atomic mass is 16.4. The number of hydrogen-bond acceptors (Lipinski definition) is 3. The van der Waals surface area contributed by atoms with Gasteiger partial charge in [0, 0.05) is 11.6 Å². The van der Waals surface area contributed by atoms with Crippen molar-refractivity contribution in [3.05, 3.63) is 84.1 Å². The Hall–Kier alpha value is -3.47. The van der Waals surface area contributed by atoms with Crippen LogP contribution in [0, 0.1) is 0 Å². The fraction of sp³-hybridized carbons (Fsp3) is 0.0952. The second kappa shape index (κ2) is 8.07. The summed E-state index contributed by atoms with van der Waals surface area (Å²) in [6.45, 7) is 0. The van der Waals surface area contributed by atoms with Crippen molar-refractivity contribution >= 4 is 28.9 Å². The Kier molecular flexibility index (Phi) is 5.39. The molecule has 130 valence electrons. The van der Waals surface area contributed by atoms with Gasteiger partial charge >= 0.3 is 5.97 Å². The largest absolute Gasteiger partial charge is 0.480 e. The average molecular weight is 346 g/mol. The van der Waals surface area contributed by atoms with Crippen LogP contribution in [0.3, 0.4) is 0 Å². The average Bonchev–Trinajstić information content (AvgIpc) is 2.67. The molecule has 0 unspecified atom stereocenters. The summed E-state index contributed by atoms with van der Waals surface area (Å²) in [5.41, 5.74) is 2.08. The van der Waals surface area contributed by atoms with Crippen LogP contribution in [0.1, 0.15) is 22.3 Å².